The Kier molecular flexibility index (Phi) is 3.97. The number of rotatable bonds is 4. The molecule has 0 saturated carbocycles. The van der Waals surface area contributed by atoms with Crippen molar-refractivity contribution in [2.24, 2.45) is 0 Å². The minimum absolute atomic E-state index is 0.470. The van der Waals surface area contributed by atoms with Gasteiger partial charge in [-0.2, -0.15) is 0 Å². The summed E-state index contributed by atoms with van der Waals surface area (Å²) in [4.78, 5) is 11.5. The maximum absolute atomic E-state index is 11.5. The summed E-state index contributed by atoms with van der Waals surface area (Å²) in [5.74, 6) is 0. The molecule has 0 amide bonds. The summed E-state index contributed by atoms with van der Waals surface area (Å²) in [5.41, 5.74) is 1.74. The van der Waals surface area contributed by atoms with Gasteiger partial charge in [0.2, 0.25) is 0 Å². The summed E-state index contributed by atoms with van der Waals surface area (Å²) >= 11 is 3.46. The van der Waals surface area contributed by atoms with E-state index in [0.717, 1.165) is 21.9 Å². The second kappa shape index (κ2) is 5.49. The third-order valence-corrected chi connectivity index (χ3v) is 3.65. The molecule has 0 spiro atoms. The van der Waals surface area contributed by atoms with Gasteiger partial charge < -0.3 is 4.79 Å². The van der Waals surface area contributed by atoms with Crippen LogP contribution in [0.1, 0.15) is 18.1 Å². The maximum atomic E-state index is 11.5. The molecule has 1 unspecified atom stereocenters. The predicted octanol–water partition coefficient (Wildman–Crippen LogP) is 4.15. The highest BCUT2D eigenvalue weighted by atomic mass is 79.9. The molecule has 1 atom stereocenters. The Labute approximate surface area is 116 Å². The second-order valence-electron chi connectivity index (χ2n) is 4.71. The van der Waals surface area contributed by atoms with Crippen LogP contribution in [0, 0.1) is 0 Å². The molecule has 0 aromatic heterocycles. The Morgan fingerprint density at radius 2 is 1.83 bits per heavy atom. The number of carbonyl (C=O) groups excluding carboxylic acids is 1. The van der Waals surface area contributed by atoms with Gasteiger partial charge in [0.25, 0.3) is 0 Å². The van der Waals surface area contributed by atoms with Crippen molar-refractivity contribution < 1.29 is 4.79 Å². The van der Waals surface area contributed by atoms with Crippen molar-refractivity contribution in [1.82, 2.24) is 0 Å². The fourth-order valence-corrected chi connectivity index (χ4v) is 2.55. The van der Waals surface area contributed by atoms with E-state index in [-0.39, 0.29) is 0 Å². The van der Waals surface area contributed by atoms with E-state index in [9.17, 15) is 4.79 Å². The fraction of sp³-hybridized carbons (Fsp3) is 0.188. The van der Waals surface area contributed by atoms with Gasteiger partial charge in [-0.15, -0.1) is 0 Å². The van der Waals surface area contributed by atoms with Crippen LogP contribution in [0.5, 0.6) is 0 Å². The van der Waals surface area contributed by atoms with E-state index in [4.69, 9.17) is 0 Å². The Balaban J connectivity index is 2.32. The van der Waals surface area contributed by atoms with E-state index in [1.807, 2.05) is 49.4 Å². The first kappa shape index (κ1) is 13.0. The largest absolute Gasteiger partial charge is 0.302 e. The van der Waals surface area contributed by atoms with Gasteiger partial charge in [-0.05, 0) is 36.6 Å². The van der Waals surface area contributed by atoms with Crippen LogP contribution in [0.25, 0.3) is 0 Å². The lowest BCUT2D eigenvalue weighted by atomic mass is 9.79. The molecule has 2 aromatic rings. The van der Waals surface area contributed by atoms with Crippen molar-refractivity contribution in [1.29, 1.82) is 0 Å². The van der Waals surface area contributed by atoms with Gasteiger partial charge in [0.1, 0.15) is 6.29 Å². The van der Waals surface area contributed by atoms with Gasteiger partial charge in [0.05, 0.1) is 5.41 Å². The van der Waals surface area contributed by atoms with Crippen LogP contribution in [0.2, 0.25) is 0 Å². The quantitative estimate of drug-likeness (QED) is 0.776. The summed E-state index contributed by atoms with van der Waals surface area (Å²) in [5, 5.41) is 0. The number of benzene rings is 2. The average Bonchev–Trinajstić information content (AvgIpc) is 2.39. The van der Waals surface area contributed by atoms with Gasteiger partial charge in [-0.1, -0.05) is 58.4 Å². The number of hydrogen-bond acceptors (Lipinski definition) is 1. The lowest BCUT2D eigenvalue weighted by molar-refractivity contribution is -0.112. The number of carbonyl (C=O) groups is 1. The fourth-order valence-electron chi connectivity index (χ4n) is 2.10. The molecule has 18 heavy (non-hydrogen) atoms. The molecule has 1 nitrogen and oxygen atoms in total. The summed E-state index contributed by atoms with van der Waals surface area (Å²) in [7, 11) is 0. The molecule has 0 fully saturated rings. The van der Waals surface area contributed by atoms with Crippen molar-refractivity contribution in [3.05, 3.63) is 70.2 Å². The van der Waals surface area contributed by atoms with Crippen molar-refractivity contribution in [3.8, 4) is 0 Å². The second-order valence-corrected chi connectivity index (χ2v) is 5.62. The smallest absolute Gasteiger partial charge is 0.130 e. The molecule has 0 aliphatic heterocycles. The number of aldehydes is 1. The molecule has 0 aliphatic carbocycles. The maximum Gasteiger partial charge on any atom is 0.130 e. The van der Waals surface area contributed by atoms with Crippen LogP contribution in [0.15, 0.2) is 59.1 Å². The topological polar surface area (TPSA) is 17.1 Å². The average molecular weight is 303 g/mol. The lowest BCUT2D eigenvalue weighted by Crippen LogP contribution is -2.26. The van der Waals surface area contributed by atoms with Gasteiger partial charge in [0, 0.05) is 4.47 Å². The molecular formula is C16H15BrO. The normalized spacial score (nSPS) is 13.9. The lowest BCUT2D eigenvalue weighted by Gasteiger charge is -2.23. The van der Waals surface area contributed by atoms with Crippen LogP contribution < -0.4 is 0 Å². The van der Waals surface area contributed by atoms with E-state index in [0.29, 0.717) is 6.42 Å². The van der Waals surface area contributed by atoms with Gasteiger partial charge >= 0.3 is 0 Å². The molecule has 0 saturated heterocycles. The highest BCUT2D eigenvalue weighted by Crippen LogP contribution is 2.27. The standard InChI is InChI=1S/C16H15BrO/c1-16(12-18,14-7-3-2-4-8-14)11-13-6-5-9-15(17)10-13/h2-10,12H,11H2,1H3. The third-order valence-electron chi connectivity index (χ3n) is 3.15. The Bertz CT molecular complexity index is 536. The first-order valence-corrected chi connectivity index (χ1v) is 6.70. The van der Waals surface area contributed by atoms with Gasteiger partial charge in [-0.3, -0.25) is 0 Å². The number of halogens is 1. The molecule has 0 radical (unpaired) electrons. The van der Waals surface area contributed by atoms with Crippen LogP contribution in [0.4, 0.5) is 0 Å². The van der Waals surface area contributed by atoms with Crippen molar-refractivity contribution in [2.75, 3.05) is 0 Å². The molecule has 0 heterocycles. The Hall–Kier alpha value is -1.41. The first-order valence-electron chi connectivity index (χ1n) is 5.90. The zero-order valence-electron chi connectivity index (χ0n) is 10.3. The SMILES string of the molecule is CC(C=O)(Cc1cccc(Br)c1)c1ccccc1. The molecule has 0 N–H and O–H groups in total. The van der Waals surface area contributed by atoms with E-state index in [1.54, 1.807) is 0 Å². The minimum Gasteiger partial charge on any atom is -0.302 e. The molecule has 2 aromatic carbocycles. The van der Waals surface area contributed by atoms with E-state index in [1.165, 1.54) is 0 Å². The van der Waals surface area contributed by atoms with E-state index in [2.05, 4.69) is 28.1 Å². The Morgan fingerprint density at radius 3 is 2.44 bits per heavy atom. The van der Waals surface area contributed by atoms with Crippen LogP contribution in [-0.2, 0) is 16.6 Å². The predicted molar refractivity (Wildman–Crippen MR) is 77.7 cm³/mol. The first-order chi connectivity index (χ1) is 8.64. The summed E-state index contributed by atoms with van der Waals surface area (Å²) in [6.45, 7) is 1.98. The highest BCUT2D eigenvalue weighted by molar-refractivity contribution is 9.10. The molecule has 2 heteroatoms. The summed E-state index contributed by atoms with van der Waals surface area (Å²) in [6, 6.07) is 18.0. The van der Waals surface area contributed by atoms with Crippen molar-refractivity contribution in [3.63, 3.8) is 0 Å². The minimum atomic E-state index is -0.470. The summed E-state index contributed by atoms with van der Waals surface area (Å²) < 4.78 is 1.04. The van der Waals surface area contributed by atoms with Crippen LogP contribution in [-0.4, -0.2) is 6.29 Å². The monoisotopic (exact) mass is 302 g/mol. The molecule has 2 rings (SSSR count). The summed E-state index contributed by atoms with van der Waals surface area (Å²) in [6.07, 6.45) is 1.75. The van der Waals surface area contributed by atoms with Crippen LogP contribution >= 0.6 is 15.9 Å². The Morgan fingerprint density at radius 1 is 1.11 bits per heavy atom. The molecule has 0 bridgehead atoms. The number of hydrogen-bond donors (Lipinski definition) is 0. The third kappa shape index (κ3) is 2.88. The molecule has 0 aliphatic rings. The van der Waals surface area contributed by atoms with E-state index >= 15 is 0 Å². The molecule has 92 valence electrons. The van der Waals surface area contributed by atoms with Crippen molar-refractivity contribution in [2.45, 2.75) is 18.8 Å². The van der Waals surface area contributed by atoms with Gasteiger partial charge in [-0.25, -0.2) is 0 Å². The van der Waals surface area contributed by atoms with Crippen LogP contribution in [0.3, 0.4) is 0 Å². The van der Waals surface area contributed by atoms with Crippen molar-refractivity contribution >= 4 is 22.2 Å². The molecular weight excluding hydrogens is 288 g/mol. The van der Waals surface area contributed by atoms with Gasteiger partial charge in [0.15, 0.2) is 0 Å². The zero-order chi connectivity index (χ0) is 13.0. The highest BCUT2D eigenvalue weighted by Gasteiger charge is 2.26. The van der Waals surface area contributed by atoms with E-state index < -0.39 is 5.41 Å². The zero-order valence-corrected chi connectivity index (χ0v) is 11.9.